The molecule has 13 heavy (non-hydrogen) atoms. The molecule has 1 aliphatic heterocycles. The van der Waals surface area contributed by atoms with Gasteiger partial charge >= 0.3 is 11.9 Å². The first-order valence-corrected chi connectivity index (χ1v) is 4.29. The van der Waals surface area contributed by atoms with E-state index in [2.05, 4.69) is 0 Å². The van der Waals surface area contributed by atoms with Crippen LogP contribution in [0, 0.1) is 0 Å². The summed E-state index contributed by atoms with van der Waals surface area (Å²) >= 11 is 0. The minimum Gasteiger partial charge on any atom is -0.447 e. The minimum absolute atomic E-state index is 0.610. The van der Waals surface area contributed by atoms with E-state index in [1.165, 1.54) is 0 Å². The van der Waals surface area contributed by atoms with E-state index >= 15 is 0 Å². The highest BCUT2D eigenvalue weighted by Crippen LogP contribution is 2.35. The van der Waals surface area contributed by atoms with Gasteiger partial charge in [-0.15, -0.1) is 0 Å². The average molecular weight is 186 g/mol. The standard InChI is InChI=1S/C9H14O4/c1-5-9(4)8(2,3)12-6(10)7(11)13-9/h5H2,1-4H3. The van der Waals surface area contributed by atoms with Gasteiger partial charge in [0.25, 0.3) is 0 Å². The summed E-state index contributed by atoms with van der Waals surface area (Å²) in [5, 5.41) is 0. The van der Waals surface area contributed by atoms with Gasteiger partial charge in [0.15, 0.2) is 0 Å². The molecule has 0 N–H and O–H groups in total. The minimum atomic E-state index is -0.907. The van der Waals surface area contributed by atoms with Gasteiger partial charge in [-0.2, -0.15) is 0 Å². The smallest absolute Gasteiger partial charge is 0.418 e. The van der Waals surface area contributed by atoms with Gasteiger partial charge in [-0.05, 0) is 27.2 Å². The van der Waals surface area contributed by atoms with Crippen LogP contribution in [-0.4, -0.2) is 23.1 Å². The molecule has 0 bridgehead atoms. The van der Waals surface area contributed by atoms with Gasteiger partial charge < -0.3 is 9.47 Å². The second kappa shape index (κ2) is 2.72. The van der Waals surface area contributed by atoms with Gasteiger partial charge in [0, 0.05) is 0 Å². The summed E-state index contributed by atoms with van der Waals surface area (Å²) in [7, 11) is 0. The molecule has 0 aromatic rings. The Morgan fingerprint density at radius 2 is 1.54 bits per heavy atom. The maximum atomic E-state index is 11.0. The third-order valence-corrected chi connectivity index (χ3v) is 2.78. The van der Waals surface area contributed by atoms with Crippen LogP contribution in [0.2, 0.25) is 0 Å². The first-order valence-electron chi connectivity index (χ1n) is 4.29. The first kappa shape index (κ1) is 10.0. The zero-order valence-corrected chi connectivity index (χ0v) is 8.34. The molecule has 0 spiro atoms. The van der Waals surface area contributed by atoms with E-state index < -0.39 is 23.1 Å². The maximum absolute atomic E-state index is 11.0. The summed E-state index contributed by atoms with van der Waals surface area (Å²) in [6, 6.07) is 0. The fraction of sp³-hybridized carbons (Fsp3) is 0.778. The van der Waals surface area contributed by atoms with Crippen LogP contribution in [0.4, 0.5) is 0 Å². The fourth-order valence-corrected chi connectivity index (χ4v) is 1.25. The molecule has 0 saturated carbocycles. The molecule has 4 heteroatoms. The van der Waals surface area contributed by atoms with Crippen molar-refractivity contribution in [1.29, 1.82) is 0 Å². The molecule has 1 aliphatic rings. The highest BCUT2D eigenvalue weighted by Gasteiger charge is 2.52. The second-order valence-electron chi connectivity index (χ2n) is 3.87. The van der Waals surface area contributed by atoms with Crippen LogP contribution < -0.4 is 0 Å². The van der Waals surface area contributed by atoms with Gasteiger partial charge in [-0.3, -0.25) is 0 Å². The molecule has 0 amide bonds. The number of ether oxygens (including phenoxy) is 2. The summed E-state index contributed by atoms with van der Waals surface area (Å²) in [5.74, 6) is -1.81. The van der Waals surface area contributed by atoms with Crippen molar-refractivity contribution in [2.75, 3.05) is 0 Å². The molecule has 0 aromatic heterocycles. The van der Waals surface area contributed by atoms with Crippen molar-refractivity contribution >= 4 is 11.9 Å². The van der Waals surface area contributed by atoms with Crippen LogP contribution in [0.25, 0.3) is 0 Å². The summed E-state index contributed by atoms with van der Waals surface area (Å²) in [4.78, 5) is 21.9. The maximum Gasteiger partial charge on any atom is 0.418 e. The number of hydrogen-bond acceptors (Lipinski definition) is 4. The number of carbonyl (C=O) groups is 2. The number of esters is 2. The summed E-state index contributed by atoms with van der Waals surface area (Å²) < 4.78 is 10.0. The predicted molar refractivity (Wildman–Crippen MR) is 45.0 cm³/mol. The summed E-state index contributed by atoms with van der Waals surface area (Å²) in [5.41, 5.74) is -1.48. The Labute approximate surface area is 77.2 Å². The van der Waals surface area contributed by atoms with Crippen LogP contribution in [0.15, 0.2) is 0 Å². The zero-order valence-electron chi connectivity index (χ0n) is 8.34. The highest BCUT2D eigenvalue weighted by molar-refractivity contribution is 6.30. The molecule has 0 radical (unpaired) electrons. The molecule has 1 rings (SSSR count). The van der Waals surface area contributed by atoms with Crippen molar-refractivity contribution in [1.82, 2.24) is 0 Å². The second-order valence-corrected chi connectivity index (χ2v) is 3.87. The van der Waals surface area contributed by atoms with Crippen LogP contribution in [0.5, 0.6) is 0 Å². The molecule has 1 saturated heterocycles. The lowest BCUT2D eigenvalue weighted by Crippen LogP contribution is -2.59. The van der Waals surface area contributed by atoms with Crippen molar-refractivity contribution in [3.63, 3.8) is 0 Å². The molecule has 74 valence electrons. The van der Waals surface area contributed by atoms with E-state index in [0.29, 0.717) is 6.42 Å². The first-order chi connectivity index (χ1) is 5.82. The van der Waals surface area contributed by atoms with Crippen LogP contribution >= 0.6 is 0 Å². The van der Waals surface area contributed by atoms with Crippen LogP contribution in [0.3, 0.4) is 0 Å². The SMILES string of the molecule is CCC1(C)OC(=O)C(=O)OC1(C)C. The lowest BCUT2D eigenvalue weighted by molar-refractivity contribution is -0.230. The number of rotatable bonds is 1. The molecule has 1 unspecified atom stereocenters. The molecule has 0 aliphatic carbocycles. The third-order valence-electron chi connectivity index (χ3n) is 2.78. The molecular formula is C9H14O4. The Kier molecular flexibility index (Phi) is 2.10. The van der Waals surface area contributed by atoms with Gasteiger partial charge in [0.1, 0.15) is 11.2 Å². The van der Waals surface area contributed by atoms with Crippen molar-refractivity contribution in [3.8, 4) is 0 Å². The lowest BCUT2D eigenvalue weighted by atomic mass is 9.84. The largest absolute Gasteiger partial charge is 0.447 e. The Morgan fingerprint density at radius 3 is 2.00 bits per heavy atom. The highest BCUT2D eigenvalue weighted by atomic mass is 16.7. The van der Waals surface area contributed by atoms with E-state index in [0.717, 1.165) is 0 Å². The molecule has 0 aromatic carbocycles. The van der Waals surface area contributed by atoms with E-state index in [-0.39, 0.29) is 0 Å². The number of cyclic esters (lactones) is 2. The molecule has 1 atom stereocenters. The Morgan fingerprint density at radius 1 is 1.08 bits per heavy atom. The van der Waals surface area contributed by atoms with E-state index in [1.807, 2.05) is 6.92 Å². The molecular weight excluding hydrogens is 172 g/mol. The quantitative estimate of drug-likeness (QED) is 0.453. The average Bonchev–Trinajstić information content (AvgIpc) is 2.00. The third kappa shape index (κ3) is 1.41. The fourth-order valence-electron chi connectivity index (χ4n) is 1.25. The van der Waals surface area contributed by atoms with Gasteiger partial charge in [0.2, 0.25) is 0 Å². The Bertz CT molecular complexity index is 256. The predicted octanol–water partition coefficient (Wildman–Crippen LogP) is 1.03. The van der Waals surface area contributed by atoms with E-state index in [4.69, 9.17) is 9.47 Å². The summed E-state index contributed by atoms with van der Waals surface area (Å²) in [6.45, 7) is 7.12. The Hall–Kier alpha value is -1.06. The molecule has 1 fully saturated rings. The molecule has 1 heterocycles. The van der Waals surface area contributed by atoms with Crippen molar-refractivity contribution in [3.05, 3.63) is 0 Å². The number of hydrogen-bond donors (Lipinski definition) is 0. The summed E-state index contributed by atoms with van der Waals surface area (Å²) in [6.07, 6.45) is 0.610. The van der Waals surface area contributed by atoms with E-state index in [9.17, 15) is 9.59 Å². The lowest BCUT2D eigenvalue weighted by Gasteiger charge is -2.44. The van der Waals surface area contributed by atoms with Gasteiger partial charge in [0.05, 0.1) is 0 Å². The van der Waals surface area contributed by atoms with Gasteiger partial charge in [-0.1, -0.05) is 6.92 Å². The van der Waals surface area contributed by atoms with Gasteiger partial charge in [-0.25, -0.2) is 9.59 Å². The molecule has 4 nitrogen and oxygen atoms in total. The van der Waals surface area contributed by atoms with Crippen molar-refractivity contribution < 1.29 is 19.1 Å². The monoisotopic (exact) mass is 186 g/mol. The topological polar surface area (TPSA) is 52.6 Å². The Balaban J connectivity index is 2.98. The normalized spacial score (nSPS) is 32.3. The number of carbonyl (C=O) groups excluding carboxylic acids is 2. The van der Waals surface area contributed by atoms with Crippen LogP contribution in [-0.2, 0) is 19.1 Å². The van der Waals surface area contributed by atoms with E-state index in [1.54, 1.807) is 20.8 Å². The zero-order chi connectivity index (χ0) is 10.3. The van der Waals surface area contributed by atoms with Crippen molar-refractivity contribution in [2.45, 2.75) is 45.3 Å². The van der Waals surface area contributed by atoms with Crippen LogP contribution in [0.1, 0.15) is 34.1 Å². The van der Waals surface area contributed by atoms with Crippen molar-refractivity contribution in [2.24, 2.45) is 0 Å².